The van der Waals surface area contributed by atoms with E-state index in [1.807, 2.05) is 41.5 Å². The average molecular weight is 268 g/mol. The fourth-order valence-electron chi connectivity index (χ4n) is 1.55. The number of rotatable bonds is 4. The summed E-state index contributed by atoms with van der Waals surface area (Å²) < 4.78 is 0. The zero-order chi connectivity index (χ0) is 15.3. The maximum atomic E-state index is 9.57. The fraction of sp³-hybridized carbons (Fsp3) is 0.688. The Labute approximate surface area is 119 Å². The number of hydrogen-bond donors (Lipinski definition) is 1. The normalized spacial score (nSPS) is 15.2. The van der Waals surface area contributed by atoms with Gasteiger partial charge in [0.05, 0.1) is 0 Å². The van der Waals surface area contributed by atoms with Crippen LogP contribution in [0.3, 0.4) is 0 Å². The van der Waals surface area contributed by atoms with E-state index in [2.05, 4.69) is 16.5 Å². The van der Waals surface area contributed by atoms with E-state index in [9.17, 15) is 5.11 Å². The Morgan fingerprint density at radius 1 is 1.21 bits per heavy atom. The molecule has 1 heterocycles. The van der Waals surface area contributed by atoms with Crippen molar-refractivity contribution in [2.75, 3.05) is 13.1 Å². The summed E-state index contributed by atoms with van der Waals surface area (Å²) >= 11 is 0. The molecule has 0 aliphatic carbocycles. The highest BCUT2D eigenvalue weighted by molar-refractivity contribution is 5.82. The number of aliphatic imine (C=N–C) groups is 1. The summed E-state index contributed by atoms with van der Waals surface area (Å²) in [6.45, 7) is 17.9. The summed E-state index contributed by atoms with van der Waals surface area (Å²) in [5.74, 6) is 0.0613. The van der Waals surface area contributed by atoms with E-state index in [4.69, 9.17) is 0 Å². The molecule has 112 valence electrons. The van der Waals surface area contributed by atoms with Crippen LogP contribution in [0.15, 0.2) is 29.2 Å². The minimum Gasteiger partial charge on any atom is -0.493 e. The third-order valence-electron chi connectivity index (χ3n) is 2.63. The van der Waals surface area contributed by atoms with Crippen LogP contribution in [-0.4, -0.2) is 28.8 Å². The Bertz CT molecular complexity index is 287. The van der Waals surface area contributed by atoms with Crippen LogP contribution >= 0.6 is 0 Å². The van der Waals surface area contributed by atoms with Crippen molar-refractivity contribution >= 4 is 5.71 Å². The van der Waals surface area contributed by atoms with Crippen molar-refractivity contribution in [3.8, 4) is 0 Å². The minimum atomic E-state index is 0.0613. The molecule has 0 unspecified atom stereocenters. The predicted octanol–water partition coefficient (Wildman–Crippen LogP) is 4.92. The summed E-state index contributed by atoms with van der Waals surface area (Å²) in [7, 11) is 0. The Balaban J connectivity index is 0. The first kappa shape index (κ1) is 20.1. The standard InChI is InChI=1S/C12H20N2O.2C2H6/c1-4-10(2)13-12(15)9-11(3)14-7-5-6-8-14;2*1-2/h9,15H,3-8H2,1-2H3;2*1-2H3/b12-9+,13-10+;;. The van der Waals surface area contributed by atoms with Gasteiger partial charge in [-0.2, -0.15) is 0 Å². The van der Waals surface area contributed by atoms with E-state index < -0.39 is 0 Å². The number of aliphatic hydroxyl groups is 1. The molecular weight excluding hydrogens is 236 g/mol. The van der Waals surface area contributed by atoms with Gasteiger partial charge in [-0.05, 0) is 26.2 Å². The molecule has 0 amide bonds. The summed E-state index contributed by atoms with van der Waals surface area (Å²) in [5.41, 5.74) is 1.79. The monoisotopic (exact) mass is 268 g/mol. The quantitative estimate of drug-likeness (QED) is 0.446. The van der Waals surface area contributed by atoms with Crippen LogP contribution in [0, 0.1) is 0 Å². The molecule has 3 heteroatoms. The lowest BCUT2D eigenvalue weighted by atomic mass is 10.3. The van der Waals surface area contributed by atoms with Gasteiger partial charge in [0.15, 0.2) is 0 Å². The largest absolute Gasteiger partial charge is 0.493 e. The molecule has 19 heavy (non-hydrogen) atoms. The Kier molecular flexibility index (Phi) is 13.9. The van der Waals surface area contributed by atoms with Gasteiger partial charge in [-0.1, -0.05) is 41.2 Å². The second-order valence-corrected chi connectivity index (χ2v) is 3.89. The molecule has 1 saturated heterocycles. The van der Waals surface area contributed by atoms with Gasteiger partial charge >= 0.3 is 0 Å². The van der Waals surface area contributed by atoms with Crippen molar-refractivity contribution in [1.82, 2.24) is 4.90 Å². The van der Waals surface area contributed by atoms with Crippen molar-refractivity contribution in [1.29, 1.82) is 0 Å². The molecule has 0 aromatic carbocycles. The molecule has 1 fully saturated rings. The van der Waals surface area contributed by atoms with Crippen molar-refractivity contribution in [3.05, 3.63) is 24.2 Å². The lowest BCUT2D eigenvalue weighted by Crippen LogP contribution is -2.16. The first-order valence-corrected chi connectivity index (χ1v) is 7.52. The molecule has 1 rings (SSSR count). The summed E-state index contributed by atoms with van der Waals surface area (Å²) in [6.07, 6.45) is 4.92. The van der Waals surface area contributed by atoms with Gasteiger partial charge in [-0.3, -0.25) is 0 Å². The maximum absolute atomic E-state index is 9.57. The predicted molar refractivity (Wildman–Crippen MR) is 86.8 cm³/mol. The van der Waals surface area contributed by atoms with Crippen LogP contribution in [0.5, 0.6) is 0 Å². The van der Waals surface area contributed by atoms with E-state index in [0.29, 0.717) is 0 Å². The lowest BCUT2D eigenvalue weighted by molar-refractivity contribution is 0.394. The van der Waals surface area contributed by atoms with Crippen molar-refractivity contribution in [3.63, 3.8) is 0 Å². The van der Waals surface area contributed by atoms with E-state index in [1.54, 1.807) is 6.08 Å². The highest BCUT2D eigenvalue weighted by Crippen LogP contribution is 2.15. The average Bonchev–Trinajstić information content (AvgIpc) is 2.97. The number of aliphatic hydroxyl groups excluding tert-OH is 1. The number of likely N-dealkylation sites (tertiary alicyclic amines) is 1. The topological polar surface area (TPSA) is 35.8 Å². The third kappa shape index (κ3) is 9.34. The molecule has 1 N–H and O–H groups in total. The van der Waals surface area contributed by atoms with Crippen molar-refractivity contribution in [2.24, 2.45) is 4.99 Å². The van der Waals surface area contributed by atoms with Gasteiger partial charge in [-0.25, -0.2) is 4.99 Å². The zero-order valence-corrected chi connectivity index (χ0v) is 13.7. The molecule has 1 aliphatic rings. The van der Waals surface area contributed by atoms with Crippen LogP contribution < -0.4 is 0 Å². The smallest absolute Gasteiger partial charge is 0.212 e. The number of allylic oxidation sites excluding steroid dienone is 1. The summed E-state index contributed by atoms with van der Waals surface area (Å²) in [4.78, 5) is 6.23. The van der Waals surface area contributed by atoms with Crippen LogP contribution in [0.2, 0.25) is 0 Å². The minimum absolute atomic E-state index is 0.0613. The fourth-order valence-corrected chi connectivity index (χ4v) is 1.55. The van der Waals surface area contributed by atoms with E-state index in [1.165, 1.54) is 12.8 Å². The first-order chi connectivity index (χ1) is 9.13. The second kappa shape index (κ2) is 13.2. The molecule has 0 bridgehead atoms. The lowest BCUT2D eigenvalue weighted by Gasteiger charge is -2.16. The van der Waals surface area contributed by atoms with Gasteiger partial charge < -0.3 is 10.0 Å². The van der Waals surface area contributed by atoms with Crippen LogP contribution in [0.25, 0.3) is 0 Å². The molecule has 0 saturated carbocycles. The summed E-state index contributed by atoms with van der Waals surface area (Å²) in [5, 5.41) is 9.57. The highest BCUT2D eigenvalue weighted by Gasteiger charge is 2.11. The molecule has 0 aromatic rings. The summed E-state index contributed by atoms with van der Waals surface area (Å²) in [6, 6.07) is 0. The molecule has 0 aromatic heterocycles. The third-order valence-corrected chi connectivity index (χ3v) is 2.63. The van der Waals surface area contributed by atoms with Gasteiger partial charge in [0.2, 0.25) is 5.88 Å². The SMILES string of the molecule is C=C(/C=C(O)\N=C(/C)CC)N1CCCC1.CC.CC. The molecule has 0 spiro atoms. The number of hydrogen-bond acceptors (Lipinski definition) is 3. The molecular formula is C16H32N2O. The van der Waals surface area contributed by atoms with E-state index >= 15 is 0 Å². The molecule has 0 radical (unpaired) electrons. The zero-order valence-electron chi connectivity index (χ0n) is 13.7. The van der Waals surface area contributed by atoms with Gasteiger partial charge in [0, 0.05) is 30.6 Å². The van der Waals surface area contributed by atoms with Crippen LogP contribution in [0.1, 0.15) is 60.8 Å². The Hall–Kier alpha value is -1.25. The second-order valence-electron chi connectivity index (χ2n) is 3.89. The van der Waals surface area contributed by atoms with E-state index in [0.717, 1.165) is 30.9 Å². The van der Waals surface area contributed by atoms with Gasteiger partial charge in [0.25, 0.3) is 0 Å². The Morgan fingerprint density at radius 3 is 2.11 bits per heavy atom. The van der Waals surface area contributed by atoms with E-state index in [-0.39, 0.29) is 5.88 Å². The van der Waals surface area contributed by atoms with Crippen LogP contribution in [-0.2, 0) is 0 Å². The molecule has 3 nitrogen and oxygen atoms in total. The molecule has 1 aliphatic heterocycles. The van der Waals surface area contributed by atoms with Gasteiger partial charge in [-0.15, -0.1) is 0 Å². The van der Waals surface area contributed by atoms with Gasteiger partial charge in [0.1, 0.15) is 0 Å². The van der Waals surface area contributed by atoms with Crippen molar-refractivity contribution in [2.45, 2.75) is 60.8 Å². The molecule has 0 atom stereocenters. The Morgan fingerprint density at radius 2 is 1.68 bits per heavy atom. The van der Waals surface area contributed by atoms with Crippen molar-refractivity contribution < 1.29 is 5.11 Å². The first-order valence-electron chi connectivity index (χ1n) is 7.52. The van der Waals surface area contributed by atoms with Crippen LogP contribution in [0.4, 0.5) is 0 Å². The number of nitrogens with zero attached hydrogens (tertiary/aromatic N) is 2. The maximum Gasteiger partial charge on any atom is 0.212 e. The highest BCUT2D eigenvalue weighted by atomic mass is 16.3.